The van der Waals surface area contributed by atoms with Gasteiger partial charge in [0.2, 0.25) is 29.5 Å². The van der Waals surface area contributed by atoms with E-state index in [-0.39, 0.29) is 36.9 Å². The first kappa shape index (κ1) is 43.3. The molecule has 1 aliphatic rings. The fraction of sp³-hybridized carbons (Fsp3) is 0.857. The monoisotopic (exact) mass is 682 g/mol. The van der Waals surface area contributed by atoms with Crippen molar-refractivity contribution < 1.29 is 33.8 Å². The van der Waals surface area contributed by atoms with Crippen molar-refractivity contribution in [3.63, 3.8) is 0 Å². The maximum absolute atomic E-state index is 14.2. The van der Waals surface area contributed by atoms with Gasteiger partial charge in [-0.05, 0) is 52.4 Å². The predicted octanol–water partition coefficient (Wildman–Crippen LogP) is 2.12. The van der Waals surface area contributed by atoms with Gasteiger partial charge in [-0.2, -0.15) is 0 Å². The zero-order valence-electron chi connectivity index (χ0n) is 30.6. The first-order valence-corrected chi connectivity index (χ1v) is 18.2. The van der Waals surface area contributed by atoms with Gasteiger partial charge < -0.3 is 42.2 Å². The molecule has 0 aromatic rings. The highest BCUT2D eigenvalue weighted by Gasteiger charge is 2.38. The summed E-state index contributed by atoms with van der Waals surface area (Å²) >= 11 is 0. The van der Waals surface area contributed by atoms with Gasteiger partial charge >= 0.3 is 0 Å². The number of unbranched alkanes of at least 4 members (excludes halogenated alkanes) is 3. The lowest BCUT2D eigenvalue weighted by Crippen LogP contribution is -2.60. The fourth-order valence-electron chi connectivity index (χ4n) is 6.21. The molecule has 0 unspecified atom stereocenters. The van der Waals surface area contributed by atoms with Crippen LogP contribution in [0.5, 0.6) is 0 Å². The number of nitrogens with one attached hydrogen (secondary N) is 3. The van der Waals surface area contributed by atoms with E-state index in [1.807, 2.05) is 20.8 Å². The van der Waals surface area contributed by atoms with Gasteiger partial charge in [-0.25, -0.2) is 0 Å². The van der Waals surface area contributed by atoms with E-state index >= 15 is 0 Å². The molecule has 1 aliphatic carbocycles. The van der Waals surface area contributed by atoms with Crippen molar-refractivity contribution in [2.24, 2.45) is 29.2 Å². The third kappa shape index (κ3) is 14.4. The molecule has 48 heavy (non-hydrogen) atoms. The highest BCUT2D eigenvalue weighted by atomic mass is 16.5. The minimum atomic E-state index is -1.05. The second-order valence-corrected chi connectivity index (χ2v) is 13.8. The molecule has 0 aromatic carbocycles. The van der Waals surface area contributed by atoms with E-state index in [0.717, 1.165) is 57.8 Å². The van der Waals surface area contributed by atoms with Crippen molar-refractivity contribution in [1.29, 1.82) is 0 Å². The van der Waals surface area contributed by atoms with Gasteiger partial charge in [-0.15, -0.1) is 0 Å². The highest BCUT2D eigenvalue weighted by molar-refractivity contribution is 5.94. The Balaban J connectivity index is 3.17. The molecule has 8 N–H and O–H groups in total. The molecule has 0 aromatic heterocycles. The van der Waals surface area contributed by atoms with Crippen LogP contribution in [0.2, 0.25) is 0 Å². The van der Waals surface area contributed by atoms with Gasteiger partial charge in [0.25, 0.3) is 0 Å². The number of hydrogen-bond acceptors (Lipinski definition) is 8. The van der Waals surface area contributed by atoms with Gasteiger partial charge in [0, 0.05) is 19.6 Å². The molecular formula is C35H66N6O7. The van der Waals surface area contributed by atoms with Crippen LogP contribution in [0.25, 0.3) is 0 Å². The number of carbonyl (C=O) groups excluding carboxylic acids is 5. The summed E-state index contributed by atoms with van der Waals surface area (Å²) in [6.45, 7) is 10.9. The normalized spacial score (nSPS) is 18.7. The van der Waals surface area contributed by atoms with Gasteiger partial charge in [0.1, 0.15) is 18.1 Å². The molecule has 0 aliphatic heterocycles. The number of carbonyl (C=O) groups is 5. The zero-order valence-corrected chi connectivity index (χ0v) is 30.6. The van der Waals surface area contributed by atoms with E-state index in [1.165, 1.54) is 4.90 Å². The van der Waals surface area contributed by atoms with E-state index in [9.17, 15) is 29.1 Å². The number of aliphatic hydroxyl groups excluding tert-OH is 1. The van der Waals surface area contributed by atoms with Crippen LogP contribution >= 0.6 is 0 Å². The van der Waals surface area contributed by atoms with E-state index in [0.29, 0.717) is 19.3 Å². The van der Waals surface area contributed by atoms with Crippen molar-refractivity contribution in [3.8, 4) is 0 Å². The van der Waals surface area contributed by atoms with E-state index < -0.39 is 59.9 Å². The minimum Gasteiger partial charge on any atom is -0.393 e. The average molecular weight is 683 g/mol. The molecule has 5 amide bonds. The van der Waals surface area contributed by atoms with Crippen molar-refractivity contribution in [1.82, 2.24) is 20.9 Å². The molecule has 0 heterocycles. The first-order valence-electron chi connectivity index (χ1n) is 18.2. The SMILES string of the molecule is CCCCCC[C@@H](C(=O)N(C)[C@@H](CCC)C(=O)N[C@H](C(=O)N[C@@H](CN)C(N)=O)C1CCCCC1)[C@@H](C)OC[C@@H](C)NC(=O)[C@@H](C)[C@H](C)O. The Morgan fingerprint density at radius 3 is 2.04 bits per heavy atom. The summed E-state index contributed by atoms with van der Waals surface area (Å²) in [4.78, 5) is 67.3. The average Bonchev–Trinajstić information content (AvgIpc) is 3.06. The van der Waals surface area contributed by atoms with Crippen molar-refractivity contribution in [2.75, 3.05) is 20.2 Å². The number of ether oxygens (including phenoxy) is 1. The largest absolute Gasteiger partial charge is 0.393 e. The smallest absolute Gasteiger partial charge is 0.243 e. The Morgan fingerprint density at radius 1 is 0.854 bits per heavy atom. The van der Waals surface area contributed by atoms with Crippen LogP contribution < -0.4 is 27.4 Å². The Bertz CT molecular complexity index is 1010. The lowest BCUT2D eigenvalue weighted by Gasteiger charge is -2.35. The van der Waals surface area contributed by atoms with Crippen molar-refractivity contribution in [2.45, 2.75) is 155 Å². The van der Waals surface area contributed by atoms with Crippen LogP contribution in [-0.2, 0) is 28.7 Å². The predicted molar refractivity (Wildman–Crippen MR) is 186 cm³/mol. The van der Waals surface area contributed by atoms with Gasteiger partial charge in [-0.3, -0.25) is 24.0 Å². The van der Waals surface area contributed by atoms with Crippen LogP contribution in [0.4, 0.5) is 0 Å². The molecule has 13 heteroatoms. The Hall–Kier alpha value is -2.77. The van der Waals surface area contributed by atoms with E-state index in [4.69, 9.17) is 16.2 Å². The molecule has 1 rings (SSSR count). The Kier molecular flexibility index (Phi) is 20.5. The highest BCUT2D eigenvalue weighted by Crippen LogP contribution is 2.28. The van der Waals surface area contributed by atoms with E-state index in [1.54, 1.807) is 20.9 Å². The topological polar surface area (TPSA) is 206 Å². The Labute approximate surface area is 288 Å². The number of likely N-dealkylation sites (N-methyl/N-ethyl adjacent to an activating group) is 1. The zero-order chi connectivity index (χ0) is 36.4. The number of nitrogens with zero attached hydrogens (tertiary/aromatic N) is 1. The quantitative estimate of drug-likeness (QED) is 0.0879. The lowest BCUT2D eigenvalue weighted by atomic mass is 9.83. The second-order valence-electron chi connectivity index (χ2n) is 13.8. The summed E-state index contributed by atoms with van der Waals surface area (Å²) in [6, 6.07) is -3.11. The number of amides is 5. The van der Waals surface area contributed by atoms with Crippen LogP contribution in [0.15, 0.2) is 0 Å². The van der Waals surface area contributed by atoms with Crippen LogP contribution in [0, 0.1) is 17.8 Å². The molecule has 0 spiro atoms. The van der Waals surface area contributed by atoms with Crippen molar-refractivity contribution >= 4 is 29.5 Å². The van der Waals surface area contributed by atoms with Crippen molar-refractivity contribution in [3.05, 3.63) is 0 Å². The molecule has 1 fully saturated rings. The van der Waals surface area contributed by atoms with Gasteiger partial charge in [0.15, 0.2) is 0 Å². The maximum atomic E-state index is 14.2. The standard InChI is InChI=1S/C35H66N6O7/c1-8-10-11-15-19-27(25(6)48-21-22(3)38-32(44)23(4)24(5)42)35(47)41(7)29(16-9-2)33(45)40-30(26-17-13-12-14-18-26)34(46)39-28(20-36)31(37)43/h22-30,42H,8-21,36H2,1-7H3,(H2,37,43)(H,38,44)(H,39,46)(H,40,45)/t22-,23+,24+,25-,27-,28+,29+,30+/m1/s1. The summed E-state index contributed by atoms with van der Waals surface area (Å²) in [7, 11) is 1.63. The fourth-order valence-corrected chi connectivity index (χ4v) is 6.21. The molecule has 0 bridgehead atoms. The lowest BCUT2D eigenvalue weighted by molar-refractivity contribution is -0.147. The summed E-state index contributed by atoms with van der Waals surface area (Å²) in [5.41, 5.74) is 11.1. The van der Waals surface area contributed by atoms with Gasteiger partial charge in [-0.1, -0.05) is 72.1 Å². The number of rotatable bonds is 23. The van der Waals surface area contributed by atoms with Crippen LogP contribution in [-0.4, -0.2) is 96.1 Å². The molecule has 0 saturated heterocycles. The maximum Gasteiger partial charge on any atom is 0.243 e. The summed E-state index contributed by atoms with van der Waals surface area (Å²) in [5, 5.41) is 18.2. The third-order valence-electron chi connectivity index (χ3n) is 9.66. The molecule has 278 valence electrons. The summed E-state index contributed by atoms with van der Waals surface area (Å²) < 4.78 is 6.15. The minimum absolute atomic E-state index is 0.122. The molecule has 8 atom stereocenters. The second kappa shape index (κ2) is 22.8. The number of hydrogen-bond donors (Lipinski definition) is 6. The van der Waals surface area contributed by atoms with E-state index in [2.05, 4.69) is 22.9 Å². The third-order valence-corrected chi connectivity index (χ3v) is 9.66. The molecule has 1 saturated carbocycles. The molecule has 0 radical (unpaired) electrons. The first-order chi connectivity index (χ1) is 22.7. The summed E-state index contributed by atoms with van der Waals surface area (Å²) in [5.74, 6) is -3.40. The molecular weight excluding hydrogens is 616 g/mol. The van der Waals surface area contributed by atoms with Gasteiger partial charge in [0.05, 0.1) is 30.7 Å². The Morgan fingerprint density at radius 2 is 1.50 bits per heavy atom. The number of aliphatic hydroxyl groups is 1. The molecule has 13 nitrogen and oxygen atoms in total. The van der Waals surface area contributed by atoms with Crippen LogP contribution in [0.1, 0.15) is 119 Å². The summed E-state index contributed by atoms with van der Waals surface area (Å²) in [6.07, 6.45) is 8.60. The number of primary amides is 1. The van der Waals surface area contributed by atoms with Crippen LogP contribution in [0.3, 0.4) is 0 Å². The number of nitrogens with two attached hydrogens (primary N) is 2.